The van der Waals surface area contributed by atoms with Crippen LogP contribution in [0.5, 0.6) is 11.5 Å². The van der Waals surface area contributed by atoms with E-state index in [4.69, 9.17) is 14.5 Å². The van der Waals surface area contributed by atoms with Crippen molar-refractivity contribution in [3.8, 4) is 22.1 Å². The standard InChI is InChI=1S/C28H28N4O3S/c1-19-2-8-23-26(14-19)36-28(30-23)21-4-6-22(7-5-21)29-27(33)17-32-12-10-31(11-13-32)16-20-3-9-24-25(15-20)35-18-34-24/h2-9,14-15H,10-13,16-18H2,1H3,(H,29,33). The largest absolute Gasteiger partial charge is 0.454 e. The van der Waals surface area contributed by atoms with Crippen LogP contribution in [0.1, 0.15) is 11.1 Å². The van der Waals surface area contributed by atoms with Crippen molar-refractivity contribution in [1.29, 1.82) is 0 Å². The van der Waals surface area contributed by atoms with Gasteiger partial charge in [-0.25, -0.2) is 4.98 Å². The van der Waals surface area contributed by atoms with Crippen LogP contribution in [0.2, 0.25) is 0 Å². The van der Waals surface area contributed by atoms with Gasteiger partial charge in [0.1, 0.15) is 5.01 Å². The van der Waals surface area contributed by atoms with Gasteiger partial charge in [-0.2, -0.15) is 0 Å². The second kappa shape index (κ2) is 9.89. The molecule has 1 N–H and O–H groups in total. The van der Waals surface area contributed by atoms with Crippen LogP contribution in [0.3, 0.4) is 0 Å². The van der Waals surface area contributed by atoms with Crippen LogP contribution >= 0.6 is 11.3 Å². The Morgan fingerprint density at radius 3 is 2.56 bits per heavy atom. The minimum Gasteiger partial charge on any atom is -0.454 e. The Bertz CT molecular complexity index is 1390. The fraction of sp³-hybridized carbons (Fsp3) is 0.286. The number of hydrogen-bond acceptors (Lipinski definition) is 7. The Hall–Kier alpha value is -3.46. The molecule has 36 heavy (non-hydrogen) atoms. The summed E-state index contributed by atoms with van der Waals surface area (Å²) in [5.74, 6) is 1.66. The van der Waals surface area contributed by atoms with E-state index >= 15 is 0 Å². The van der Waals surface area contributed by atoms with Crippen LogP contribution in [-0.2, 0) is 11.3 Å². The Balaban J connectivity index is 0.988. The van der Waals surface area contributed by atoms with Gasteiger partial charge in [0.25, 0.3) is 0 Å². The number of piperazine rings is 1. The zero-order chi connectivity index (χ0) is 24.5. The molecule has 0 radical (unpaired) electrons. The molecule has 0 spiro atoms. The molecule has 0 atom stereocenters. The number of benzene rings is 3. The Morgan fingerprint density at radius 1 is 0.944 bits per heavy atom. The number of ether oxygens (including phenoxy) is 2. The molecule has 1 saturated heterocycles. The first-order valence-electron chi connectivity index (χ1n) is 12.2. The van der Waals surface area contributed by atoms with Crippen LogP contribution in [0, 0.1) is 6.92 Å². The molecule has 0 aliphatic carbocycles. The first kappa shape index (κ1) is 23.0. The number of thiazole rings is 1. The van der Waals surface area contributed by atoms with Gasteiger partial charge in [0, 0.05) is 44.0 Å². The van der Waals surface area contributed by atoms with Gasteiger partial charge in [0.2, 0.25) is 12.7 Å². The summed E-state index contributed by atoms with van der Waals surface area (Å²) in [6.45, 7) is 7.26. The highest BCUT2D eigenvalue weighted by Crippen LogP contribution is 2.33. The number of rotatable bonds is 6. The molecule has 0 saturated carbocycles. The average Bonchev–Trinajstić information content (AvgIpc) is 3.52. The normalized spacial score (nSPS) is 15.9. The van der Waals surface area contributed by atoms with Gasteiger partial charge in [-0.15, -0.1) is 11.3 Å². The van der Waals surface area contributed by atoms with Crippen molar-refractivity contribution in [2.24, 2.45) is 0 Å². The van der Waals surface area contributed by atoms with Crippen LogP contribution in [0.4, 0.5) is 5.69 Å². The van der Waals surface area contributed by atoms with Gasteiger partial charge in [-0.05, 0) is 66.6 Å². The van der Waals surface area contributed by atoms with E-state index in [0.717, 1.165) is 66.0 Å². The zero-order valence-corrected chi connectivity index (χ0v) is 21.0. The SMILES string of the molecule is Cc1ccc2nc(-c3ccc(NC(=O)CN4CCN(Cc5ccc6c(c5)OCO6)CC4)cc3)sc2c1. The molecule has 0 unspecified atom stereocenters. The molecular formula is C28H28N4O3S. The maximum Gasteiger partial charge on any atom is 0.238 e. The lowest BCUT2D eigenvalue weighted by atomic mass is 10.1. The average molecular weight is 501 g/mol. The Labute approximate surface area is 214 Å². The highest BCUT2D eigenvalue weighted by Gasteiger charge is 2.20. The van der Waals surface area contributed by atoms with E-state index in [2.05, 4.69) is 52.4 Å². The van der Waals surface area contributed by atoms with Crippen molar-refractivity contribution in [3.63, 3.8) is 0 Å². The molecule has 184 valence electrons. The second-order valence-corrected chi connectivity index (χ2v) is 10.4. The van der Waals surface area contributed by atoms with Crippen molar-refractivity contribution in [2.45, 2.75) is 13.5 Å². The monoisotopic (exact) mass is 500 g/mol. The van der Waals surface area contributed by atoms with Crippen LogP contribution in [0.15, 0.2) is 60.7 Å². The Morgan fingerprint density at radius 2 is 1.72 bits per heavy atom. The molecule has 0 bridgehead atoms. The summed E-state index contributed by atoms with van der Waals surface area (Å²) >= 11 is 1.69. The van der Waals surface area contributed by atoms with Crippen molar-refractivity contribution in [3.05, 3.63) is 71.8 Å². The third-order valence-electron chi connectivity index (χ3n) is 6.63. The van der Waals surface area contributed by atoms with Gasteiger partial charge in [0.05, 0.1) is 16.8 Å². The molecule has 8 heteroatoms. The lowest BCUT2D eigenvalue weighted by molar-refractivity contribution is -0.117. The molecule has 1 aromatic heterocycles. The molecule has 3 aromatic carbocycles. The predicted molar refractivity (Wildman–Crippen MR) is 143 cm³/mol. The van der Waals surface area contributed by atoms with E-state index in [9.17, 15) is 4.79 Å². The second-order valence-electron chi connectivity index (χ2n) is 9.36. The summed E-state index contributed by atoms with van der Waals surface area (Å²) in [5.41, 5.74) is 5.35. The fourth-order valence-electron chi connectivity index (χ4n) is 4.66. The number of amides is 1. The number of carbonyl (C=O) groups is 1. The minimum atomic E-state index is 0.0161. The summed E-state index contributed by atoms with van der Waals surface area (Å²) in [6, 6.07) is 20.4. The van der Waals surface area contributed by atoms with E-state index in [1.54, 1.807) is 11.3 Å². The third-order valence-corrected chi connectivity index (χ3v) is 7.70. The lowest BCUT2D eigenvalue weighted by Gasteiger charge is -2.34. The van der Waals surface area contributed by atoms with E-state index in [-0.39, 0.29) is 5.91 Å². The number of nitrogens with zero attached hydrogens (tertiary/aromatic N) is 3. The topological polar surface area (TPSA) is 66.9 Å². The zero-order valence-electron chi connectivity index (χ0n) is 20.2. The smallest absolute Gasteiger partial charge is 0.238 e. The van der Waals surface area contributed by atoms with Gasteiger partial charge >= 0.3 is 0 Å². The third kappa shape index (κ3) is 5.06. The summed E-state index contributed by atoms with van der Waals surface area (Å²) in [7, 11) is 0. The van der Waals surface area contributed by atoms with E-state index < -0.39 is 0 Å². The van der Waals surface area contributed by atoms with Crippen molar-refractivity contribution >= 4 is 33.1 Å². The molecule has 2 aliphatic rings. The summed E-state index contributed by atoms with van der Waals surface area (Å²) in [4.78, 5) is 22.0. The van der Waals surface area contributed by atoms with E-state index in [1.807, 2.05) is 30.3 Å². The van der Waals surface area contributed by atoms with Gasteiger partial charge in [0.15, 0.2) is 11.5 Å². The number of aryl methyl sites for hydroxylation is 1. The summed E-state index contributed by atoms with van der Waals surface area (Å²) < 4.78 is 12.1. The van der Waals surface area contributed by atoms with Crippen LogP contribution in [0.25, 0.3) is 20.8 Å². The molecule has 7 nitrogen and oxygen atoms in total. The first-order chi connectivity index (χ1) is 17.6. The van der Waals surface area contributed by atoms with Gasteiger partial charge in [-0.3, -0.25) is 14.6 Å². The molecule has 1 fully saturated rings. The van der Waals surface area contributed by atoms with E-state index in [1.165, 1.54) is 15.8 Å². The number of carbonyl (C=O) groups excluding carboxylic acids is 1. The first-order valence-corrected chi connectivity index (χ1v) is 13.0. The van der Waals surface area contributed by atoms with Crippen LogP contribution < -0.4 is 14.8 Å². The molecular weight excluding hydrogens is 472 g/mol. The number of fused-ring (bicyclic) bond motifs is 2. The van der Waals surface area contributed by atoms with Crippen LogP contribution in [-0.4, -0.2) is 60.2 Å². The Kier molecular flexibility index (Phi) is 6.31. The van der Waals surface area contributed by atoms with E-state index in [0.29, 0.717) is 13.3 Å². The highest BCUT2D eigenvalue weighted by molar-refractivity contribution is 7.21. The van der Waals surface area contributed by atoms with Crippen molar-refractivity contribution in [1.82, 2.24) is 14.8 Å². The maximum absolute atomic E-state index is 12.7. The highest BCUT2D eigenvalue weighted by atomic mass is 32.1. The van der Waals surface area contributed by atoms with Crippen molar-refractivity contribution in [2.75, 3.05) is 44.8 Å². The molecule has 4 aromatic rings. The maximum atomic E-state index is 12.7. The number of anilines is 1. The predicted octanol–water partition coefficient (Wildman–Crippen LogP) is 4.76. The molecule has 6 rings (SSSR count). The minimum absolute atomic E-state index is 0.0161. The molecule has 1 amide bonds. The number of nitrogens with one attached hydrogen (secondary N) is 1. The lowest BCUT2D eigenvalue weighted by Crippen LogP contribution is -2.48. The quantitative estimate of drug-likeness (QED) is 0.412. The summed E-state index contributed by atoms with van der Waals surface area (Å²) in [6.07, 6.45) is 0. The van der Waals surface area contributed by atoms with Gasteiger partial charge < -0.3 is 14.8 Å². The summed E-state index contributed by atoms with van der Waals surface area (Å²) in [5, 5.41) is 4.03. The number of hydrogen-bond donors (Lipinski definition) is 1. The van der Waals surface area contributed by atoms with Gasteiger partial charge in [-0.1, -0.05) is 12.1 Å². The van der Waals surface area contributed by atoms with Crippen molar-refractivity contribution < 1.29 is 14.3 Å². The molecule has 2 aliphatic heterocycles. The fourth-order valence-corrected chi connectivity index (χ4v) is 5.73. The molecule has 3 heterocycles. The number of aromatic nitrogens is 1.